The number of carbonyl (C=O) groups excluding carboxylic acids is 6. The summed E-state index contributed by atoms with van der Waals surface area (Å²) in [6.07, 6.45) is 1.93. The van der Waals surface area contributed by atoms with E-state index in [9.17, 15) is 28.8 Å². The number of amides is 8. The molecule has 0 bridgehead atoms. The van der Waals surface area contributed by atoms with E-state index >= 15 is 0 Å². The van der Waals surface area contributed by atoms with E-state index in [0.717, 1.165) is 74.7 Å². The first-order valence-electron chi connectivity index (χ1n) is 32.8. The molecule has 4 aromatic carbocycles. The highest BCUT2D eigenvalue weighted by molar-refractivity contribution is 9.10. The van der Waals surface area contributed by atoms with Gasteiger partial charge < -0.3 is 80.3 Å². The number of nitrogens with one attached hydrogen (secondary N) is 8. The zero-order valence-corrected chi connectivity index (χ0v) is 62.8. The normalized spacial score (nSPS) is 13.6. The van der Waals surface area contributed by atoms with Crippen LogP contribution in [-0.2, 0) is 61.8 Å². The number of urea groups is 2. The highest BCUT2D eigenvalue weighted by atomic mass is 79.9. The average Bonchev–Trinajstić information content (AvgIpc) is 1.69. The summed E-state index contributed by atoms with van der Waals surface area (Å²) in [6, 6.07) is 27.8. The SMILES string of the molecule is CCNC(=O)NCc1cccc(-c2ccc(C(C)(C)CCCNC(=O)C(C)(C)NC(=O)OC(C)(C)C)cc2OCOC)c1.CCNC(=O)NCc1cccc(B2OC(C)(C)C(C)(C)O2)c1.COCOc1cc(C(C)(C)CCCNC(=O)C(C)(C)NC(=O)OC(C)(C)C)ccc1Br. The Morgan fingerprint density at radius 2 is 0.927 bits per heavy atom. The van der Waals surface area contributed by atoms with Crippen molar-refractivity contribution in [2.24, 2.45) is 0 Å². The third-order valence-electron chi connectivity index (χ3n) is 15.7. The summed E-state index contributed by atoms with van der Waals surface area (Å²) in [5.74, 6) is 0.898. The second kappa shape index (κ2) is 37.0. The molecule has 0 aromatic heterocycles. The van der Waals surface area contributed by atoms with Crippen molar-refractivity contribution in [1.29, 1.82) is 0 Å². The highest BCUT2D eigenvalue weighted by Crippen LogP contribution is 2.39. The molecular formula is C72H112BBrN8O14. The quantitative estimate of drug-likeness (QED) is 0.0149. The van der Waals surface area contributed by atoms with Crippen LogP contribution in [0, 0.1) is 0 Å². The molecule has 96 heavy (non-hydrogen) atoms. The highest BCUT2D eigenvalue weighted by Gasteiger charge is 2.51. The number of alkyl carbamates (subject to hydrolysis) is 2. The predicted octanol–water partition coefficient (Wildman–Crippen LogP) is 12.3. The molecule has 1 aliphatic heterocycles. The van der Waals surface area contributed by atoms with Gasteiger partial charge in [-0.1, -0.05) is 88.4 Å². The van der Waals surface area contributed by atoms with Crippen LogP contribution in [0.25, 0.3) is 11.1 Å². The maximum atomic E-state index is 12.8. The Morgan fingerprint density at radius 1 is 0.510 bits per heavy atom. The fraction of sp³-hybridized carbons (Fsp3) is 0.583. The second-order valence-electron chi connectivity index (χ2n) is 28.9. The van der Waals surface area contributed by atoms with E-state index in [1.807, 2.05) is 114 Å². The molecule has 1 fully saturated rings. The zero-order valence-electron chi connectivity index (χ0n) is 61.2. The van der Waals surface area contributed by atoms with Crippen molar-refractivity contribution in [3.05, 3.63) is 112 Å². The van der Waals surface area contributed by atoms with Crippen molar-refractivity contribution in [3.63, 3.8) is 0 Å². The predicted molar refractivity (Wildman–Crippen MR) is 382 cm³/mol. The van der Waals surface area contributed by atoms with Crippen molar-refractivity contribution in [1.82, 2.24) is 42.5 Å². The molecule has 0 radical (unpaired) electrons. The standard InChI is InChI=1S/C33H50N4O6.C23H37BrN2O5.C16H25BN2O3/c1-10-34-29(39)36-21-23-13-11-14-24(19-23)26-16-15-25(20-27(26)42-22-41-9)32(5,6)17-12-18-35-28(38)33(7,8)37-30(40)43-31(2,3)4;1-21(2,3)31-20(28)26-23(6,7)19(27)25-13-9-12-22(4,5)16-10-11-17(24)18(14-16)30-15-29-8;1-6-18-14(20)19-11-12-8-7-9-13(10-12)17-21-15(2,3)16(4,5)22-17/h11,13-16,19-20H,10,12,17-18,21-22H2,1-9H3,(H,35,38)(H,37,40)(H2,34,36,39);10-11,14H,9,12-13,15H2,1-8H3,(H,25,27)(H,26,28);7-10H,6,11H2,1-5H3,(H2,18,19,20). The third-order valence-corrected chi connectivity index (χ3v) is 16.4. The molecule has 8 amide bonds. The number of hydrogen-bond acceptors (Lipinski definition) is 14. The van der Waals surface area contributed by atoms with E-state index in [2.05, 4.69) is 98.3 Å². The van der Waals surface area contributed by atoms with E-state index in [-0.39, 0.29) is 66.6 Å². The number of halogens is 1. The van der Waals surface area contributed by atoms with E-state index < -0.39 is 34.5 Å². The molecule has 0 unspecified atom stereocenters. The topological polar surface area (TPSA) is 272 Å². The lowest BCUT2D eigenvalue weighted by Gasteiger charge is -2.32. The van der Waals surface area contributed by atoms with E-state index in [4.69, 9.17) is 37.7 Å². The maximum absolute atomic E-state index is 12.8. The van der Waals surface area contributed by atoms with Crippen LogP contribution in [-0.4, -0.2) is 131 Å². The first kappa shape index (κ1) is 83.1. The Kier molecular flexibility index (Phi) is 32.0. The van der Waals surface area contributed by atoms with Crippen LogP contribution in [0.2, 0.25) is 0 Å². The molecule has 534 valence electrons. The van der Waals surface area contributed by atoms with Crippen LogP contribution >= 0.6 is 15.9 Å². The van der Waals surface area contributed by atoms with Crippen LogP contribution in [0.15, 0.2) is 89.4 Å². The molecule has 1 saturated heterocycles. The summed E-state index contributed by atoms with van der Waals surface area (Å²) in [7, 11) is 2.79. The van der Waals surface area contributed by atoms with Gasteiger partial charge in [-0.15, -0.1) is 0 Å². The van der Waals surface area contributed by atoms with Gasteiger partial charge in [-0.2, -0.15) is 0 Å². The van der Waals surface area contributed by atoms with Gasteiger partial charge in [0, 0.05) is 59.1 Å². The minimum Gasteiger partial charge on any atom is -0.467 e. The summed E-state index contributed by atoms with van der Waals surface area (Å²) >= 11 is 3.49. The number of ether oxygens (including phenoxy) is 6. The third kappa shape index (κ3) is 28.5. The summed E-state index contributed by atoms with van der Waals surface area (Å²) in [4.78, 5) is 72.7. The van der Waals surface area contributed by atoms with Gasteiger partial charge in [-0.3, -0.25) is 9.59 Å². The lowest BCUT2D eigenvalue weighted by molar-refractivity contribution is -0.127. The number of benzene rings is 4. The van der Waals surface area contributed by atoms with Crippen LogP contribution in [0.5, 0.6) is 11.5 Å². The summed E-state index contributed by atoms with van der Waals surface area (Å²) in [5, 5.41) is 22.2. The Morgan fingerprint density at radius 3 is 1.36 bits per heavy atom. The van der Waals surface area contributed by atoms with Gasteiger partial charge in [-0.25, -0.2) is 19.2 Å². The molecule has 24 heteroatoms. The summed E-state index contributed by atoms with van der Waals surface area (Å²) in [6.45, 7) is 41.1. The van der Waals surface area contributed by atoms with Crippen LogP contribution in [0.1, 0.15) is 186 Å². The minimum atomic E-state index is -1.11. The van der Waals surface area contributed by atoms with Gasteiger partial charge in [0.2, 0.25) is 11.8 Å². The average molecular weight is 1400 g/mol. The molecule has 1 aliphatic rings. The Bertz CT molecular complexity index is 3160. The van der Waals surface area contributed by atoms with Gasteiger partial charge in [0.15, 0.2) is 13.6 Å². The van der Waals surface area contributed by atoms with E-state index in [1.54, 1.807) is 83.5 Å². The molecular weight excluding hydrogens is 1290 g/mol. The lowest BCUT2D eigenvalue weighted by Crippen LogP contribution is -2.55. The zero-order chi connectivity index (χ0) is 72.5. The molecule has 0 spiro atoms. The smallest absolute Gasteiger partial charge is 0.467 e. The fourth-order valence-corrected chi connectivity index (χ4v) is 9.86. The largest absolute Gasteiger partial charge is 0.494 e. The number of hydrogen-bond donors (Lipinski definition) is 8. The van der Waals surface area contributed by atoms with Crippen molar-refractivity contribution in [2.45, 2.75) is 222 Å². The molecule has 5 rings (SSSR count). The van der Waals surface area contributed by atoms with E-state index in [0.29, 0.717) is 45.0 Å². The van der Waals surface area contributed by atoms with Crippen molar-refractivity contribution in [3.8, 4) is 22.6 Å². The van der Waals surface area contributed by atoms with Crippen molar-refractivity contribution < 1.29 is 66.5 Å². The Hall–Kier alpha value is -7.12. The Labute approximate surface area is 580 Å². The van der Waals surface area contributed by atoms with Crippen LogP contribution < -0.4 is 57.5 Å². The number of rotatable bonds is 28. The molecule has 22 nitrogen and oxygen atoms in total. The first-order chi connectivity index (χ1) is 44.5. The summed E-state index contributed by atoms with van der Waals surface area (Å²) in [5.41, 5.74) is 2.58. The van der Waals surface area contributed by atoms with Crippen molar-refractivity contribution >= 4 is 64.6 Å². The fourth-order valence-electron chi connectivity index (χ4n) is 9.50. The monoisotopic (exact) mass is 1400 g/mol. The van der Waals surface area contributed by atoms with Gasteiger partial charge in [0.1, 0.15) is 33.8 Å². The van der Waals surface area contributed by atoms with E-state index in [1.165, 1.54) is 0 Å². The molecule has 4 aromatic rings. The summed E-state index contributed by atoms with van der Waals surface area (Å²) < 4.78 is 45.3. The first-order valence-corrected chi connectivity index (χ1v) is 33.6. The number of methoxy groups -OCH3 is 2. The molecule has 0 saturated carbocycles. The van der Waals surface area contributed by atoms with Crippen molar-refractivity contribution in [2.75, 3.05) is 54.0 Å². The lowest BCUT2D eigenvalue weighted by atomic mass is 9.78. The van der Waals surface area contributed by atoms with Gasteiger partial charge >= 0.3 is 31.4 Å². The molecule has 1 heterocycles. The van der Waals surface area contributed by atoms with Gasteiger partial charge in [0.05, 0.1) is 15.7 Å². The van der Waals surface area contributed by atoms with Crippen LogP contribution in [0.4, 0.5) is 19.2 Å². The maximum Gasteiger partial charge on any atom is 0.494 e. The Balaban J connectivity index is 0.000000396. The number of carbonyl (C=O) groups is 6. The van der Waals surface area contributed by atoms with Gasteiger partial charge in [-0.05, 0) is 221 Å². The molecule has 8 N–H and O–H groups in total. The minimum absolute atomic E-state index is 0.106. The van der Waals surface area contributed by atoms with Gasteiger partial charge in [0.25, 0.3) is 0 Å². The molecule has 0 atom stereocenters. The van der Waals surface area contributed by atoms with Crippen LogP contribution in [0.3, 0.4) is 0 Å². The second-order valence-corrected chi connectivity index (χ2v) is 29.8. The molecule has 0 aliphatic carbocycles.